The highest BCUT2D eigenvalue weighted by atomic mass is 19.3. The summed E-state index contributed by atoms with van der Waals surface area (Å²) in [6, 6.07) is 4.47. The molecule has 0 unspecified atom stereocenters. The third-order valence-electron chi connectivity index (χ3n) is 4.24. The summed E-state index contributed by atoms with van der Waals surface area (Å²) in [5.41, 5.74) is 5.67. The van der Waals surface area contributed by atoms with E-state index in [-0.39, 0.29) is 12.2 Å². The Morgan fingerprint density at radius 2 is 2.05 bits per heavy atom. The lowest BCUT2D eigenvalue weighted by Gasteiger charge is -2.40. The molecule has 5 heteroatoms. The summed E-state index contributed by atoms with van der Waals surface area (Å²) in [7, 11) is 0. The van der Waals surface area contributed by atoms with E-state index in [1.807, 2.05) is 0 Å². The van der Waals surface area contributed by atoms with Crippen LogP contribution in [-0.4, -0.2) is 17.3 Å². The van der Waals surface area contributed by atoms with Crippen molar-refractivity contribution in [2.75, 3.05) is 17.7 Å². The smallest absolute Gasteiger partial charge is 0.265 e. The molecule has 0 aliphatic heterocycles. The summed E-state index contributed by atoms with van der Waals surface area (Å²) >= 11 is 0. The monoisotopic (exact) mass is 284 g/mol. The molecular formula is C15H22F2N2O. The standard InChI is InChI=1S/C15H22F2N2O/c1-10-4-6-15(9-20,7-5-10)19-13-3-2-11(18)8-12(13)14(16)17/h2-3,8,10,14,19-20H,4-7,9,18H2,1H3. The van der Waals surface area contributed by atoms with Crippen LogP contribution in [0, 0.1) is 5.92 Å². The fourth-order valence-electron chi connectivity index (χ4n) is 2.80. The van der Waals surface area contributed by atoms with Crippen molar-refractivity contribution in [3.8, 4) is 0 Å². The molecule has 0 amide bonds. The number of halogens is 2. The van der Waals surface area contributed by atoms with E-state index < -0.39 is 12.0 Å². The number of hydrogen-bond donors (Lipinski definition) is 3. The Balaban J connectivity index is 2.23. The zero-order chi connectivity index (χ0) is 14.8. The van der Waals surface area contributed by atoms with Crippen molar-refractivity contribution in [2.24, 2.45) is 5.92 Å². The molecule has 112 valence electrons. The second kappa shape index (κ2) is 5.95. The molecular weight excluding hydrogens is 262 g/mol. The van der Waals surface area contributed by atoms with Gasteiger partial charge in [0.05, 0.1) is 12.1 Å². The van der Waals surface area contributed by atoms with E-state index >= 15 is 0 Å². The SMILES string of the molecule is CC1CCC(CO)(Nc2ccc(N)cc2C(F)F)CC1. The van der Waals surface area contributed by atoms with Gasteiger partial charge in [-0.3, -0.25) is 0 Å². The van der Waals surface area contributed by atoms with Gasteiger partial charge >= 0.3 is 0 Å². The Bertz CT molecular complexity index is 457. The maximum absolute atomic E-state index is 13.1. The highest BCUT2D eigenvalue weighted by molar-refractivity contribution is 5.59. The molecule has 0 radical (unpaired) electrons. The number of nitrogens with one attached hydrogen (secondary N) is 1. The van der Waals surface area contributed by atoms with Gasteiger partial charge in [-0.25, -0.2) is 8.78 Å². The highest BCUT2D eigenvalue weighted by Crippen LogP contribution is 2.37. The number of aliphatic hydroxyl groups excluding tert-OH is 1. The summed E-state index contributed by atoms with van der Waals surface area (Å²) in [5, 5.41) is 12.9. The molecule has 1 aliphatic rings. The van der Waals surface area contributed by atoms with Crippen molar-refractivity contribution in [2.45, 2.75) is 44.6 Å². The van der Waals surface area contributed by atoms with Crippen molar-refractivity contribution < 1.29 is 13.9 Å². The van der Waals surface area contributed by atoms with Gasteiger partial charge in [-0.2, -0.15) is 0 Å². The lowest BCUT2D eigenvalue weighted by molar-refractivity contribution is 0.146. The average Bonchev–Trinajstić information content (AvgIpc) is 2.43. The predicted octanol–water partition coefficient (Wildman–Crippen LogP) is 3.56. The average molecular weight is 284 g/mol. The first-order chi connectivity index (χ1) is 9.46. The number of hydrogen-bond acceptors (Lipinski definition) is 3. The minimum absolute atomic E-state index is 0.0488. The maximum atomic E-state index is 13.1. The van der Waals surface area contributed by atoms with Gasteiger partial charge in [0.15, 0.2) is 0 Å². The molecule has 20 heavy (non-hydrogen) atoms. The fourth-order valence-corrected chi connectivity index (χ4v) is 2.80. The summed E-state index contributed by atoms with van der Waals surface area (Å²) in [6.07, 6.45) is 0.980. The van der Waals surface area contributed by atoms with Gasteiger partial charge < -0.3 is 16.2 Å². The Kier molecular flexibility index (Phi) is 4.48. The molecule has 0 heterocycles. The van der Waals surface area contributed by atoms with Gasteiger partial charge in [0.1, 0.15) is 0 Å². The van der Waals surface area contributed by atoms with Gasteiger partial charge in [-0.05, 0) is 49.8 Å². The van der Waals surface area contributed by atoms with Crippen LogP contribution < -0.4 is 11.1 Å². The van der Waals surface area contributed by atoms with Crippen LogP contribution in [0.25, 0.3) is 0 Å². The molecule has 0 aromatic heterocycles. The predicted molar refractivity (Wildman–Crippen MR) is 76.9 cm³/mol. The normalized spacial score (nSPS) is 26.8. The Morgan fingerprint density at radius 3 is 2.60 bits per heavy atom. The molecule has 0 bridgehead atoms. The fraction of sp³-hybridized carbons (Fsp3) is 0.600. The van der Waals surface area contributed by atoms with E-state index in [1.165, 1.54) is 6.07 Å². The Morgan fingerprint density at radius 1 is 1.40 bits per heavy atom. The molecule has 1 aliphatic carbocycles. The first kappa shape index (κ1) is 15.0. The van der Waals surface area contributed by atoms with Crippen LogP contribution in [0.1, 0.15) is 44.6 Å². The van der Waals surface area contributed by atoms with Crippen molar-refractivity contribution in [3.05, 3.63) is 23.8 Å². The van der Waals surface area contributed by atoms with Gasteiger partial charge in [-0.1, -0.05) is 6.92 Å². The number of anilines is 2. The van der Waals surface area contributed by atoms with Gasteiger partial charge in [-0.15, -0.1) is 0 Å². The summed E-state index contributed by atoms with van der Waals surface area (Å²) < 4.78 is 26.2. The first-order valence-electron chi connectivity index (χ1n) is 7.02. The molecule has 4 N–H and O–H groups in total. The lowest BCUT2D eigenvalue weighted by Crippen LogP contribution is -2.45. The minimum Gasteiger partial charge on any atom is -0.399 e. The number of nitrogens with two attached hydrogens (primary N) is 1. The van der Waals surface area contributed by atoms with Crippen molar-refractivity contribution in [1.29, 1.82) is 0 Å². The van der Waals surface area contributed by atoms with E-state index in [1.54, 1.807) is 12.1 Å². The van der Waals surface area contributed by atoms with Crippen LogP contribution in [0.4, 0.5) is 20.2 Å². The first-order valence-corrected chi connectivity index (χ1v) is 7.02. The molecule has 0 atom stereocenters. The third kappa shape index (κ3) is 3.20. The van der Waals surface area contributed by atoms with E-state index in [2.05, 4.69) is 12.2 Å². The number of aliphatic hydroxyl groups is 1. The summed E-state index contributed by atoms with van der Waals surface area (Å²) in [6.45, 7) is 2.13. The molecule has 0 saturated heterocycles. The molecule has 1 fully saturated rings. The second-order valence-electron chi connectivity index (χ2n) is 5.89. The van der Waals surface area contributed by atoms with Gasteiger partial charge in [0.25, 0.3) is 6.43 Å². The van der Waals surface area contributed by atoms with E-state index in [4.69, 9.17) is 5.73 Å². The Labute approximate surface area is 118 Å². The van der Waals surface area contributed by atoms with Crippen LogP contribution in [0.15, 0.2) is 18.2 Å². The molecule has 2 rings (SSSR count). The van der Waals surface area contributed by atoms with Crippen LogP contribution in [0.5, 0.6) is 0 Å². The van der Waals surface area contributed by atoms with Crippen molar-refractivity contribution >= 4 is 11.4 Å². The van der Waals surface area contributed by atoms with Crippen LogP contribution in [0.3, 0.4) is 0 Å². The zero-order valence-corrected chi connectivity index (χ0v) is 11.7. The van der Waals surface area contributed by atoms with E-state index in [0.29, 0.717) is 17.3 Å². The van der Waals surface area contributed by atoms with Crippen molar-refractivity contribution in [1.82, 2.24) is 0 Å². The van der Waals surface area contributed by atoms with E-state index in [9.17, 15) is 13.9 Å². The third-order valence-corrected chi connectivity index (χ3v) is 4.24. The van der Waals surface area contributed by atoms with Crippen LogP contribution in [-0.2, 0) is 0 Å². The van der Waals surface area contributed by atoms with Gasteiger partial charge in [0, 0.05) is 16.9 Å². The van der Waals surface area contributed by atoms with Crippen LogP contribution >= 0.6 is 0 Å². The Hall–Kier alpha value is -1.36. The lowest BCUT2D eigenvalue weighted by atomic mass is 9.77. The quantitative estimate of drug-likeness (QED) is 0.741. The summed E-state index contributed by atoms with van der Waals surface area (Å²) in [5.74, 6) is 0.623. The largest absolute Gasteiger partial charge is 0.399 e. The number of benzene rings is 1. The molecule has 1 saturated carbocycles. The maximum Gasteiger partial charge on any atom is 0.265 e. The van der Waals surface area contributed by atoms with Gasteiger partial charge in [0.2, 0.25) is 0 Å². The van der Waals surface area contributed by atoms with Crippen molar-refractivity contribution in [3.63, 3.8) is 0 Å². The molecule has 3 nitrogen and oxygen atoms in total. The van der Waals surface area contributed by atoms with E-state index in [0.717, 1.165) is 25.7 Å². The number of nitrogen functional groups attached to an aromatic ring is 1. The molecule has 1 aromatic rings. The minimum atomic E-state index is -2.58. The zero-order valence-electron chi connectivity index (χ0n) is 11.7. The molecule has 1 aromatic carbocycles. The number of alkyl halides is 2. The molecule has 0 spiro atoms. The summed E-state index contributed by atoms with van der Waals surface area (Å²) in [4.78, 5) is 0. The highest BCUT2D eigenvalue weighted by Gasteiger charge is 2.34. The topological polar surface area (TPSA) is 58.3 Å². The number of rotatable bonds is 4. The van der Waals surface area contributed by atoms with Crippen LogP contribution in [0.2, 0.25) is 0 Å². The second-order valence-corrected chi connectivity index (χ2v) is 5.89.